The van der Waals surface area contributed by atoms with Crippen LogP contribution in [0.2, 0.25) is 0 Å². The van der Waals surface area contributed by atoms with Gasteiger partial charge in [0.05, 0.1) is 11.9 Å². The van der Waals surface area contributed by atoms with E-state index in [1.165, 1.54) is 0 Å². The van der Waals surface area contributed by atoms with Crippen molar-refractivity contribution in [2.45, 2.75) is 4.90 Å². The number of hydrogen-bond acceptors (Lipinski definition) is 4. The minimum Gasteiger partial charge on any atom is -0.289 e. The maximum Gasteiger partial charge on any atom is 0.229 e. The van der Waals surface area contributed by atoms with E-state index in [1.54, 1.807) is 48.2 Å². The lowest BCUT2D eigenvalue weighted by atomic mass is 10.0. The molecule has 0 saturated heterocycles. The number of benzene rings is 2. The number of hydrogen-bond donors (Lipinski definition) is 1. The van der Waals surface area contributed by atoms with E-state index in [1.807, 2.05) is 18.4 Å². The molecule has 0 radical (unpaired) electrons. The van der Waals surface area contributed by atoms with E-state index in [2.05, 4.69) is 4.72 Å². The second-order valence-electron chi connectivity index (χ2n) is 4.48. The first-order valence-electron chi connectivity index (χ1n) is 6.16. The molecule has 0 atom stereocenters. The quantitative estimate of drug-likeness (QED) is 0.679. The number of thioether (sulfide) groups is 1. The van der Waals surface area contributed by atoms with Crippen LogP contribution in [-0.2, 0) is 10.0 Å². The molecule has 0 aliphatic heterocycles. The Labute approximate surface area is 128 Å². The smallest absolute Gasteiger partial charge is 0.229 e. The minimum atomic E-state index is -3.43. The van der Waals surface area contributed by atoms with Crippen LogP contribution in [0.5, 0.6) is 0 Å². The summed E-state index contributed by atoms with van der Waals surface area (Å²) in [7, 11) is -3.43. The molecular weight excluding hydrogens is 306 g/mol. The summed E-state index contributed by atoms with van der Waals surface area (Å²) in [6.45, 7) is 0. The van der Waals surface area contributed by atoms with Gasteiger partial charge < -0.3 is 0 Å². The zero-order valence-electron chi connectivity index (χ0n) is 11.7. The summed E-state index contributed by atoms with van der Waals surface area (Å²) in [5.41, 5.74) is 1.15. The highest BCUT2D eigenvalue weighted by molar-refractivity contribution is 7.98. The predicted octanol–water partition coefficient (Wildman–Crippen LogP) is 3.01. The maximum absolute atomic E-state index is 12.5. The Morgan fingerprint density at radius 1 is 1.05 bits per heavy atom. The van der Waals surface area contributed by atoms with Gasteiger partial charge in [-0.3, -0.25) is 9.52 Å². The van der Waals surface area contributed by atoms with Crippen molar-refractivity contribution in [2.24, 2.45) is 0 Å². The third kappa shape index (κ3) is 4.09. The van der Waals surface area contributed by atoms with Crippen LogP contribution < -0.4 is 4.72 Å². The summed E-state index contributed by atoms with van der Waals surface area (Å²) in [6.07, 6.45) is 3.02. The molecule has 0 aliphatic rings. The Hall–Kier alpha value is -1.79. The van der Waals surface area contributed by atoms with Crippen molar-refractivity contribution in [3.05, 3.63) is 59.7 Å². The summed E-state index contributed by atoms with van der Waals surface area (Å²) in [6, 6.07) is 13.8. The van der Waals surface area contributed by atoms with Crippen LogP contribution >= 0.6 is 11.8 Å². The molecule has 4 nitrogen and oxygen atoms in total. The minimum absolute atomic E-state index is 0.214. The third-order valence-corrected chi connectivity index (χ3v) is 4.15. The molecule has 0 aliphatic carbocycles. The topological polar surface area (TPSA) is 63.2 Å². The summed E-state index contributed by atoms with van der Waals surface area (Å²) in [4.78, 5) is 13.6. The standard InChI is InChI=1S/C15H15NO3S2/c1-20-12-9-7-11(8-10-12)15(17)13-5-3-4-6-14(13)16-21(2,18)19/h3-10,16H,1-2H3. The second-order valence-corrected chi connectivity index (χ2v) is 7.11. The van der Waals surface area contributed by atoms with Crippen LogP contribution in [0.25, 0.3) is 0 Å². The lowest BCUT2D eigenvalue weighted by Crippen LogP contribution is -2.13. The molecule has 0 heterocycles. The van der Waals surface area contributed by atoms with Gasteiger partial charge in [-0.2, -0.15) is 0 Å². The van der Waals surface area contributed by atoms with Gasteiger partial charge in [-0.1, -0.05) is 12.1 Å². The Morgan fingerprint density at radius 2 is 1.67 bits per heavy atom. The van der Waals surface area contributed by atoms with E-state index in [0.29, 0.717) is 16.8 Å². The SMILES string of the molecule is CSc1ccc(C(=O)c2ccccc2NS(C)(=O)=O)cc1. The van der Waals surface area contributed by atoms with Gasteiger partial charge in [0.1, 0.15) is 0 Å². The van der Waals surface area contributed by atoms with Crippen molar-refractivity contribution in [1.82, 2.24) is 0 Å². The molecule has 0 fully saturated rings. The molecule has 2 aromatic carbocycles. The highest BCUT2D eigenvalue weighted by atomic mass is 32.2. The first kappa shape index (κ1) is 15.6. The van der Waals surface area contributed by atoms with Gasteiger partial charge in [0.15, 0.2) is 5.78 Å². The Bertz CT molecular complexity index is 753. The van der Waals surface area contributed by atoms with Crippen LogP contribution in [0, 0.1) is 0 Å². The number of rotatable bonds is 5. The molecule has 0 aromatic heterocycles. The molecule has 110 valence electrons. The van der Waals surface area contributed by atoms with E-state index >= 15 is 0 Å². The van der Waals surface area contributed by atoms with Gasteiger partial charge >= 0.3 is 0 Å². The van der Waals surface area contributed by atoms with E-state index in [9.17, 15) is 13.2 Å². The lowest BCUT2D eigenvalue weighted by molar-refractivity contribution is 0.103. The summed E-state index contributed by atoms with van der Waals surface area (Å²) < 4.78 is 25.1. The van der Waals surface area contributed by atoms with Crippen molar-refractivity contribution in [2.75, 3.05) is 17.2 Å². The number of ketones is 1. The number of carbonyl (C=O) groups excluding carboxylic acids is 1. The molecule has 2 rings (SSSR count). The van der Waals surface area contributed by atoms with Crippen molar-refractivity contribution >= 4 is 33.3 Å². The molecule has 0 unspecified atom stereocenters. The van der Waals surface area contributed by atoms with Gasteiger partial charge in [0.25, 0.3) is 0 Å². The summed E-state index contributed by atoms with van der Waals surface area (Å²) in [5, 5.41) is 0. The summed E-state index contributed by atoms with van der Waals surface area (Å²) >= 11 is 1.59. The van der Waals surface area contributed by atoms with Crippen LogP contribution in [0.15, 0.2) is 53.4 Å². The molecule has 2 aromatic rings. The van der Waals surface area contributed by atoms with Gasteiger partial charge in [0, 0.05) is 16.0 Å². The Balaban J connectivity index is 2.38. The molecule has 21 heavy (non-hydrogen) atoms. The lowest BCUT2D eigenvalue weighted by Gasteiger charge is -2.10. The van der Waals surface area contributed by atoms with E-state index in [-0.39, 0.29) is 5.78 Å². The second kappa shape index (κ2) is 6.32. The zero-order valence-corrected chi connectivity index (χ0v) is 13.3. The number of anilines is 1. The van der Waals surface area contributed by atoms with Crippen LogP contribution in [-0.4, -0.2) is 26.7 Å². The number of nitrogens with one attached hydrogen (secondary N) is 1. The fourth-order valence-corrected chi connectivity index (χ4v) is 2.85. The van der Waals surface area contributed by atoms with Gasteiger partial charge in [0.2, 0.25) is 10.0 Å². The Kier molecular flexibility index (Phi) is 4.69. The molecule has 0 spiro atoms. The van der Waals surface area contributed by atoms with E-state index < -0.39 is 10.0 Å². The molecule has 0 amide bonds. The summed E-state index contributed by atoms with van der Waals surface area (Å²) in [5.74, 6) is -0.214. The molecule has 6 heteroatoms. The van der Waals surface area contributed by atoms with E-state index in [0.717, 1.165) is 11.2 Å². The van der Waals surface area contributed by atoms with Gasteiger partial charge in [-0.05, 0) is 42.7 Å². The number of carbonyl (C=O) groups is 1. The normalized spacial score (nSPS) is 11.1. The fraction of sp³-hybridized carbons (Fsp3) is 0.133. The third-order valence-electron chi connectivity index (χ3n) is 2.82. The van der Waals surface area contributed by atoms with Gasteiger partial charge in [-0.15, -0.1) is 11.8 Å². The zero-order chi connectivity index (χ0) is 15.5. The highest BCUT2D eigenvalue weighted by Crippen LogP contribution is 2.22. The average Bonchev–Trinajstić information content (AvgIpc) is 2.45. The van der Waals surface area contributed by atoms with Crippen molar-refractivity contribution in [3.8, 4) is 0 Å². The van der Waals surface area contributed by atoms with Crippen molar-refractivity contribution in [3.63, 3.8) is 0 Å². The highest BCUT2D eigenvalue weighted by Gasteiger charge is 2.15. The molecular formula is C15H15NO3S2. The van der Waals surface area contributed by atoms with Crippen molar-refractivity contribution < 1.29 is 13.2 Å². The van der Waals surface area contributed by atoms with Crippen LogP contribution in [0.3, 0.4) is 0 Å². The average molecular weight is 321 g/mol. The fourth-order valence-electron chi connectivity index (χ4n) is 1.87. The first-order chi connectivity index (χ1) is 9.90. The molecule has 1 N–H and O–H groups in total. The predicted molar refractivity (Wildman–Crippen MR) is 86.6 cm³/mol. The molecule has 0 saturated carbocycles. The van der Waals surface area contributed by atoms with E-state index in [4.69, 9.17) is 0 Å². The Morgan fingerprint density at radius 3 is 2.24 bits per heavy atom. The van der Waals surface area contributed by atoms with Crippen LogP contribution in [0.4, 0.5) is 5.69 Å². The first-order valence-corrected chi connectivity index (χ1v) is 9.28. The molecule has 0 bridgehead atoms. The number of sulfonamides is 1. The van der Waals surface area contributed by atoms with Gasteiger partial charge in [-0.25, -0.2) is 8.42 Å². The number of para-hydroxylation sites is 1. The largest absolute Gasteiger partial charge is 0.289 e. The monoisotopic (exact) mass is 321 g/mol. The maximum atomic E-state index is 12.5. The van der Waals surface area contributed by atoms with Crippen molar-refractivity contribution in [1.29, 1.82) is 0 Å². The van der Waals surface area contributed by atoms with Crippen LogP contribution in [0.1, 0.15) is 15.9 Å².